The molecule has 1 amide bonds. The summed E-state index contributed by atoms with van der Waals surface area (Å²) < 4.78 is 0. The molecule has 0 bridgehead atoms. The summed E-state index contributed by atoms with van der Waals surface area (Å²) in [5.74, 6) is 0.951. The lowest BCUT2D eigenvalue weighted by molar-refractivity contribution is -0.107. The van der Waals surface area contributed by atoms with Crippen LogP contribution in [0.15, 0.2) is 73.1 Å². The maximum Gasteiger partial charge on any atom is 0.214 e. The highest BCUT2D eigenvalue weighted by Gasteiger charge is 2.41. The Morgan fingerprint density at radius 2 is 1.67 bits per heavy atom. The van der Waals surface area contributed by atoms with Crippen molar-refractivity contribution < 1.29 is 4.79 Å². The predicted molar refractivity (Wildman–Crippen MR) is 134 cm³/mol. The Morgan fingerprint density at radius 1 is 0.939 bits per heavy atom. The third-order valence-electron chi connectivity index (χ3n) is 6.92. The molecule has 3 aromatic rings. The Morgan fingerprint density at radius 3 is 2.39 bits per heavy atom. The molecule has 170 valence electrons. The first kappa shape index (κ1) is 21.9. The van der Waals surface area contributed by atoms with Gasteiger partial charge in [0.2, 0.25) is 6.41 Å². The Hall–Kier alpha value is -2.89. The van der Waals surface area contributed by atoms with Crippen molar-refractivity contribution in [3.05, 3.63) is 89.2 Å². The molecule has 2 unspecified atom stereocenters. The average Bonchev–Trinajstić information content (AvgIpc) is 3.67. The molecule has 33 heavy (non-hydrogen) atoms. The van der Waals surface area contributed by atoms with Crippen LogP contribution in [0, 0.1) is 0 Å². The van der Waals surface area contributed by atoms with Crippen molar-refractivity contribution >= 4 is 29.4 Å². The van der Waals surface area contributed by atoms with Gasteiger partial charge in [-0.3, -0.25) is 14.7 Å². The number of anilines is 2. The molecule has 5 rings (SSSR count). The van der Waals surface area contributed by atoms with Crippen molar-refractivity contribution in [2.24, 2.45) is 0 Å². The quantitative estimate of drug-likeness (QED) is 0.453. The van der Waals surface area contributed by atoms with Gasteiger partial charge >= 0.3 is 0 Å². The molecule has 0 N–H and O–H groups in total. The zero-order valence-corrected chi connectivity index (χ0v) is 19.4. The number of nitrogens with zero attached hydrogens (tertiary/aromatic N) is 4. The standard InChI is InChI=1S/C27H29ClN4O/c28-22-7-5-21(6-8-22)25-19-26(25)24-3-1-2-4-27(24)32(20-33)18-15-30-13-16-31(17-14-30)23-9-11-29-12-10-23/h1-12,20,25-26H,13-19H2. The van der Waals surface area contributed by atoms with Gasteiger partial charge in [0.15, 0.2) is 0 Å². The minimum Gasteiger partial charge on any atom is -0.369 e. The second kappa shape index (κ2) is 9.94. The Kier molecular flexibility index (Phi) is 6.60. The van der Waals surface area contributed by atoms with Crippen LogP contribution in [-0.4, -0.2) is 55.6 Å². The van der Waals surface area contributed by atoms with E-state index in [1.807, 2.05) is 35.5 Å². The van der Waals surface area contributed by atoms with Gasteiger partial charge in [-0.25, -0.2) is 0 Å². The highest BCUT2D eigenvalue weighted by molar-refractivity contribution is 6.30. The van der Waals surface area contributed by atoms with E-state index >= 15 is 0 Å². The summed E-state index contributed by atoms with van der Waals surface area (Å²) >= 11 is 6.06. The molecular weight excluding hydrogens is 432 g/mol. The van der Waals surface area contributed by atoms with Crippen LogP contribution < -0.4 is 9.80 Å². The highest BCUT2D eigenvalue weighted by atomic mass is 35.5. The maximum absolute atomic E-state index is 12.1. The van der Waals surface area contributed by atoms with Gasteiger partial charge in [-0.05, 0) is 59.7 Å². The number of halogens is 1. The molecule has 0 radical (unpaired) electrons. The number of pyridine rings is 1. The molecule has 2 aromatic carbocycles. The number of carbonyl (C=O) groups excluding carboxylic acids is 1. The monoisotopic (exact) mass is 460 g/mol. The minimum absolute atomic E-state index is 0.453. The van der Waals surface area contributed by atoms with E-state index < -0.39 is 0 Å². The van der Waals surface area contributed by atoms with E-state index in [9.17, 15) is 4.79 Å². The maximum atomic E-state index is 12.1. The van der Waals surface area contributed by atoms with Crippen molar-refractivity contribution in [1.29, 1.82) is 0 Å². The van der Waals surface area contributed by atoms with Crippen LogP contribution in [0.3, 0.4) is 0 Å². The Labute approximate surface area is 200 Å². The molecule has 1 aliphatic heterocycles. The summed E-state index contributed by atoms with van der Waals surface area (Å²) in [5.41, 5.74) is 4.87. The fraction of sp³-hybridized carbons (Fsp3) is 0.333. The number of carbonyl (C=O) groups is 1. The summed E-state index contributed by atoms with van der Waals surface area (Å²) in [4.78, 5) is 22.9. The zero-order valence-electron chi connectivity index (χ0n) is 18.7. The Balaban J connectivity index is 1.20. The van der Waals surface area contributed by atoms with Crippen molar-refractivity contribution in [2.75, 3.05) is 49.1 Å². The third-order valence-corrected chi connectivity index (χ3v) is 7.17. The van der Waals surface area contributed by atoms with E-state index in [1.54, 1.807) is 0 Å². The summed E-state index contributed by atoms with van der Waals surface area (Å²) in [5, 5.41) is 0.769. The molecule has 2 heterocycles. The first-order chi connectivity index (χ1) is 16.2. The molecule has 0 spiro atoms. The van der Waals surface area contributed by atoms with Crippen molar-refractivity contribution in [2.45, 2.75) is 18.3 Å². The van der Waals surface area contributed by atoms with Crippen LogP contribution >= 0.6 is 11.6 Å². The van der Waals surface area contributed by atoms with Gasteiger partial charge in [0.05, 0.1) is 0 Å². The van der Waals surface area contributed by atoms with Crippen LogP contribution in [0.1, 0.15) is 29.4 Å². The molecule has 2 fully saturated rings. The summed E-state index contributed by atoms with van der Waals surface area (Å²) in [6, 6.07) is 20.7. The summed E-state index contributed by atoms with van der Waals surface area (Å²) in [6.07, 6.45) is 5.80. The van der Waals surface area contributed by atoms with Crippen LogP contribution in [0.4, 0.5) is 11.4 Å². The van der Waals surface area contributed by atoms with Gasteiger partial charge in [0.25, 0.3) is 0 Å². The minimum atomic E-state index is 0.453. The Bertz CT molecular complexity index is 1070. The lowest BCUT2D eigenvalue weighted by atomic mass is 10.0. The number of aromatic nitrogens is 1. The van der Waals surface area contributed by atoms with Gasteiger partial charge < -0.3 is 9.80 Å². The van der Waals surface area contributed by atoms with E-state index in [-0.39, 0.29) is 0 Å². The second-order valence-corrected chi connectivity index (χ2v) is 9.33. The SMILES string of the molecule is O=CN(CCN1CCN(c2ccncc2)CC1)c1ccccc1C1CC1c1ccc(Cl)cc1. The fourth-order valence-corrected chi connectivity index (χ4v) is 5.07. The third kappa shape index (κ3) is 5.05. The summed E-state index contributed by atoms with van der Waals surface area (Å²) in [7, 11) is 0. The normalized spacial score (nSPS) is 20.5. The van der Waals surface area contributed by atoms with Crippen molar-refractivity contribution in [3.8, 4) is 0 Å². The molecule has 2 aliphatic rings. The second-order valence-electron chi connectivity index (χ2n) is 8.89. The highest BCUT2D eigenvalue weighted by Crippen LogP contribution is 2.56. The smallest absolute Gasteiger partial charge is 0.214 e. The molecular formula is C27H29ClN4O. The molecule has 1 saturated heterocycles. The molecule has 1 aliphatic carbocycles. The molecule has 2 atom stereocenters. The predicted octanol–water partition coefficient (Wildman–Crippen LogP) is 4.79. The van der Waals surface area contributed by atoms with E-state index in [4.69, 9.17) is 11.6 Å². The van der Waals surface area contributed by atoms with Crippen LogP contribution in [0.5, 0.6) is 0 Å². The first-order valence-electron chi connectivity index (χ1n) is 11.7. The first-order valence-corrected chi connectivity index (χ1v) is 12.0. The van der Waals surface area contributed by atoms with E-state index in [0.29, 0.717) is 18.4 Å². The number of hydrogen-bond acceptors (Lipinski definition) is 4. The van der Waals surface area contributed by atoms with Crippen LogP contribution in [0.2, 0.25) is 5.02 Å². The van der Waals surface area contributed by atoms with Gasteiger partial charge in [-0.15, -0.1) is 0 Å². The van der Waals surface area contributed by atoms with Gasteiger partial charge in [0.1, 0.15) is 0 Å². The van der Waals surface area contributed by atoms with Crippen LogP contribution in [-0.2, 0) is 4.79 Å². The van der Waals surface area contributed by atoms with Crippen molar-refractivity contribution in [3.63, 3.8) is 0 Å². The molecule has 5 nitrogen and oxygen atoms in total. The summed E-state index contributed by atoms with van der Waals surface area (Å²) in [6.45, 7) is 5.56. The number of rotatable bonds is 8. The largest absolute Gasteiger partial charge is 0.369 e. The number of benzene rings is 2. The van der Waals surface area contributed by atoms with Crippen molar-refractivity contribution in [1.82, 2.24) is 9.88 Å². The van der Waals surface area contributed by atoms with Crippen LogP contribution in [0.25, 0.3) is 0 Å². The molecule has 1 aromatic heterocycles. The van der Waals surface area contributed by atoms with E-state index in [1.165, 1.54) is 16.8 Å². The lowest BCUT2D eigenvalue weighted by Gasteiger charge is -2.36. The molecule has 1 saturated carbocycles. The fourth-order valence-electron chi connectivity index (χ4n) is 4.94. The van der Waals surface area contributed by atoms with E-state index in [0.717, 1.165) is 56.3 Å². The molecule has 6 heteroatoms. The van der Waals surface area contributed by atoms with E-state index in [2.05, 4.69) is 57.2 Å². The average molecular weight is 461 g/mol. The number of amides is 1. The zero-order chi connectivity index (χ0) is 22.6. The number of hydrogen-bond donors (Lipinski definition) is 0. The topological polar surface area (TPSA) is 39.7 Å². The van der Waals surface area contributed by atoms with Gasteiger partial charge in [-0.1, -0.05) is 41.9 Å². The number of para-hydroxylation sites is 1. The lowest BCUT2D eigenvalue weighted by Crippen LogP contribution is -2.48. The van der Waals surface area contributed by atoms with Gasteiger partial charge in [-0.2, -0.15) is 0 Å². The number of piperazine rings is 1. The van der Waals surface area contributed by atoms with Gasteiger partial charge in [0, 0.05) is 68.1 Å².